The molecule has 0 atom stereocenters. The minimum Gasteiger partial charge on any atom is -0.462 e. The van der Waals surface area contributed by atoms with Crippen LogP contribution >= 0.6 is 0 Å². The second kappa shape index (κ2) is 6.18. The van der Waals surface area contributed by atoms with Gasteiger partial charge < -0.3 is 9.26 Å². The maximum atomic E-state index is 12.5. The Morgan fingerprint density at radius 2 is 2.00 bits per heavy atom. The van der Waals surface area contributed by atoms with Crippen LogP contribution in [0.1, 0.15) is 28.7 Å². The number of carbonyl (C=O) groups is 1. The number of ether oxygens (including phenoxy) is 1. The van der Waals surface area contributed by atoms with E-state index < -0.39 is 16.0 Å². The van der Waals surface area contributed by atoms with Crippen LogP contribution in [0.4, 0.5) is 5.69 Å². The summed E-state index contributed by atoms with van der Waals surface area (Å²) in [5.74, 6) is -0.418. The number of esters is 1. The normalized spacial score (nSPS) is 11.2. The van der Waals surface area contributed by atoms with E-state index in [1.165, 1.54) is 26.0 Å². The Hall–Kier alpha value is -2.35. The molecule has 118 valence electrons. The van der Waals surface area contributed by atoms with Crippen LogP contribution in [0.2, 0.25) is 0 Å². The van der Waals surface area contributed by atoms with Gasteiger partial charge in [0, 0.05) is 0 Å². The number of aromatic nitrogens is 1. The van der Waals surface area contributed by atoms with Crippen LogP contribution < -0.4 is 4.72 Å². The highest BCUT2D eigenvalue weighted by Gasteiger charge is 2.26. The molecule has 1 heterocycles. The Balaban J connectivity index is 2.41. The van der Waals surface area contributed by atoms with Crippen LogP contribution in [0.3, 0.4) is 0 Å². The first-order chi connectivity index (χ1) is 10.4. The number of carbonyl (C=O) groups excluding carboxylic acids is 1. The molecule has 0 bridgehead atoms. The van der Waals surface area contributed by atoms with Gasteiger partial charge in [-0.15, -0.1) is 0 Å². The summed E-state index contributed by atoms with van der Waals surface area (Å²) in [5, 5.41) is 3.63. The lowest BCUT2D eigenvalue weighted by Crippen LogP contribution is -2.17. The number of benzene rings is 1. The number of hydrogen-bond donors (Lipinski definition) is 1. The minimum absolute atomic E-state index is 0.0360. The lowest BCUT2D eigenvalue weighted by molar-refractivity contribution is 0.0527. The number of hydrogen-bond acceptors (Lipinski definition) is 6. The smallest absolute Gasteiger partial charge is 0.340 e. The third-order valence-corrected chi connectivity index (χ3v) is 4.51. The number of nitrogens with zero attached hydrogens (tertiary/aromatic N) is 1. The molecule has 8 heteroatoms. The second-order valence-corrected chi connectivity index (χ2v) is 6.14. The molecular formula is C14H16N2O5S. The highest BCUT2D eigenvalue weighted by molar-refractivity contribution is 7.92. The van der Waals surface area contributed by atoms with Gasteiger partial charge in [-0.25, -0.2) is 13.2 Å². The molecule has 1 aromatic heterocycles. The van der Waals surface area contributed by atoms with Crippen LogP contribution in [-0.4, -0.2) is 26.2 Å². The number of rotatable bonds is 5. The number of sulfonamides is 1. The maximum absolute atomic E-state index is 12.5. The number of nitrogens with one attached hydrogen (secondary N) is 1. The first-order valence-corrected chi connectivity index (χ1v) is 8.07. The average Bonchev–Trinajstić information content (AvgIpc) is 2.79. The summed E-state index contributed by atoms with van der Waals surface area (Å²) in [6.45, 7) is 4.91. The largest absolute Gasteiger partial charge is 0.462 e. The van der Waals surface area contributed by atoms with Gasteiger partial charge in [0.05, 0.1) is 17.9 Å². The van der Waals surface area contributed by atoms with E-state index in [1.54, 1.807) is 19.1 Å². The van der Waals surface area contributed by atoms with Crippen LogP contribution in [0, 0.1) is 13.8 Å². The van der Waals surface area contributed by atoms with Crippen molar-refractivity contribution in [3.8, 4) is 0 Å². The molecule has 0 unspecified atom stereocenters. The Kier molecular flexibility index (Phi) is 4.51. The van der Waals surface area contributed by atoms with Crippen molar-refractivity contribution in [3.05, 3.63) is 41.3 Å². The summed E-state index contributed by atoms with van der Waals surface area (Å²) in [6.07, 6.45) is 0. The van der Waals surface area contributed by atoms with E-state index >= 15 is 0 Å². The van der Waals surface area contributed by atoms with Crippen molar-refractivity contribution < 1.29 is 22.5 Å². The van der Waals surface area contributed by atoms with Crippen LogP contribution in [0.25, 0.3) is 0 Å². The van der Waals surface area contributed by atoms with Gasteiger partial charge in [0.15, 0.2) is 10.7 Å². The molecule has 2 rings (SSSR count). The molecule has 1 N–H and O–H groups in total. The van der Waals surface area contributed by atoms with E-state index in [1.807, 2.05) is 0 Å². The van der Waals surface area contributed by atoms with Crippen LogP contribution in [0.5, 0.6) is 0 Å². The molecule has 0 aliphatic carbocycles. The van der Waals surface area contributed by atoms with E-state index in [0.29, 0.717) is 0 Å². The third-order valence-electron chi connectivity index (χ3n) is 2.90. The molecule has 0 saturated carbocycles. The Morgan fingerprint density at radius 3 is 2.59 bits per heavy atom. The SMILES string of the molecule is CCOC(=O)c1ccccc1NS(=O)(=O)c1c(C)noc1C. The van der Waals surface area contributed by atoms with Gasteiger partial charge in [-0.3, -0.25) is 4.72 Å². The van der Waals surface area contributed by atoms with E-state index in [9.17, 15) is 13.2 Å². The Labute approximate surface area is 128 Å². The third kappa shape index (κ3) is 3.11. The Bertz CT molecular complexity index is 776. The molecule has 0 fully saturated rings. The predicted octanol–water partition coefficient (Wildman–Crippen LogP) is 2.27. The summed E-state index contributed by atoms with van der Waals surface area (Å²) in [6, 6.07) is 6.22. The maximum Gasteiger partial charge on any atom is 0.340 e. The minimum atomic E-state index is -3.92. The van der Waals surface area contributed by atoms with E-state index in [-0.39, 0.29) is 34.2 Å². The molecule has 1 aromatic carbocycles. The van der Waals surface area contributed by atoms with E-state index in [4.69, 9.17) is 9.26 Å². The zero-order valence-electron chi connectivity index (χ0n) is 12.4. The summed E-state index contributed by atoms with van der Waals surface area (Å²) in [5.41, 5.74) is 0.527. The molecule has 0 aliphatic heterocycles. The molecule has 0 radical (unpaired) electrons. The number of para-hydroxylation sites is 1. The summed E-state index contributed by atoms with van der Waals surface area (Å²) in [7, 11) is -3.92. The molecule has 0 amide bonds. The fraction of sp³-hybridized carbons (Fsp3) is 0.286. The first kappa shape index (κ1) is 16.0. The first-order valence-electron chi connectivity index (χ1n) is 6.58. The Morgan fingerprint density at radius 1 is 1.32 bits per heavy atom. The molecule has 22 heavy (non-hydrogen) atoms. The van der Waals surface area contributed by atoms with Gasteiger partial charge in [0.25, 0.3) is 10.0 Å². The molecule has 0 aliphatic rings. The number of aryl methyl sites for hydroxylation is 2. The topological polar surface area (TPSA) is 98.5 Å². The summed E-state index contributed by atoms with van der Waals surface area (Å²) >= 11 is 0. The zero-order chi connectivity index (χ0) is 16.3. The second-order valence-electron chi connectivity index (χ2n) is 4.52. The molecular weight excluding hydrogens is 308 g/mol. The van der Waals surface area contributed by atoms with Crippen molar-refractivity contribution in [2.24, 2.45) is 0 Å². The van der Waals surface area contributed by atoms with Crippen molar-refractivity contribution in [2.75, 3.05) is 11.3 Å². The fourth-order valence-corrected chi connectivity index (χ4v) is 3.42. The van der Waals surface area contributed by atoms with Crippen molar-refractivity contribution in [1.29, 1.82) is 0 Å². The van der Waals surface area contributed by atoms with Gasteiger partial charge in [-0.05, 0) is 32.9 Å². The van der Waals surface area contributed by atoms with Crippen LogP contribution in [-0.2, 0) is 14.8 Å². The van der Waals surface area contributed by atoms with Gasteiger partial charge in [-0.2, -0.15) is 0 Å². The summed E-state index contributed by atoms with van der Waals surface area (Å²) < 4.78 is 37.1. The van der Waals surface area contributed by atoms with Crippen molar-refractivity contribution in [2.45, 2.75) is 25.7 Å². The van der Waals surface area contributed by atoms with Gasteiger partial charge >= 0.3 is 5.97 Å². The van der Waals surface area contributed by atoms with Crippen molar-refractivity contribution >= 4 is 21.7 Å². The fourth-order valence-electron chi connectivity index (χ4n) is 2.01. The highest BCUT2D eigenvalue weighted by Crippen LogP contribution is 2.24. The molecule has 0 spiro atoms. The van der Waals surface area contributed by atoms with Gasteiger partial charge in [-0.1, -0.05) is 17.3 Å². The lowest BCUT2D eigenvalue weighted by Gasteiger charge is -2.11. The predicted molar refractivity (Wildman–Crippen MR) is 79.2 cm³/mol. The average molecular weight is 324 g/mol. The monoisotopic (exact) mass is 324 g/mol. The quantitative estimate of drug-likeness (QED) is 0.847. The van der Waals surface area contributed by atoms with E-state index in [2.05, 4.69) is 9.88 Å². The lowest BCUT2D eigenvalue weighted by atomic mass is 10.2. The van der Waals surface area contributed by atoms with Crippen molar-refractivity contribution in [1.82, 2.24) is 5.16 Å². The zero-order valence-corrected chi connectivity index (χ0v) is 13.2. The van der Waals surface area contributed by atoms with Gasteiger partial charge in [0.2, 0.25) is 0 Å². The number of anilines is 1. The van der Waals surface area contributed by atoms with Gasteiger partial charge in [0.1, 0.15) is 5.69 Å². The molecule has 7 nitrogen and oxygen atoms in total. The molecule has 0 saturated heterocycles. The standard InChI is InChI=1S/C14H16N2O5S/c1-4-20-14(17)11-7-5-6-8-12(11)16-22(18,19)13-9(2)15-21-10(13)3/h5-8,16H,4H2,1-3H3. The van der Waals surface area contributed by atoms with E-state index in [0.717, 1.165) is 0 Å². The van der Waals surface area contributed by atoms with Crippen molar-refractivity contribution in [3.63, 3.8) is 0 Å². The van der Waals surface area contributed by atoms with Crippen LogP contribution in [0.15, 0.2) is 33.7 Å². The highest BCUT2D eigenvalue weighted by atomic mass is 32.2. The molecule has 2 aromatic rings. The summed E-state index contributed by atoms with van der Waals surface area (Å²) in [4.78, 5) is 11.8.